The summed E-state index contributed by atoms with van der Waals surface area (Å²) in [6, 6.07) is 0. The van der Waals surface area contributed by atoms with Gasteiger partial charge in [0.1, 0.15) is 5.60 Å². The minimum atomic E-state index is -0.490. The molecule has 0 aromatic carbocycles. The average Bonchev–Trinajstić information content (AvgIpc) is 2.58. The quantitative estimate of drug-likeness (QED) is 0.524. The Hall–Kier alpha value is -0.890. The Kier molecular flexibility index (Phi) is 1.23. The minimum absolute atomic E-state index is 0.157. The highest BCUT2D eigenvalue weighted by Crippen LogP contribution is 2.52. The first-order valence-electron chi connectivity index (χ1n) is 4.80. The second kappa shape index (κ2) is 2.13. The lowest BCUT2D eigenvalue weighted by atomic mass is 9.86. The molecule has 0 N–H and O–H groups in total. The third-order valence-electron chi connectivity index (χ3n) is 3.58. The van der Waals surface area contributed by atoms with Gasteiger partial charge in [0.25, 0.3) is 0 Å². The number of hydrogen-bond acceptors (Lipinski definition) is 2. The SMILES string of the molecule is C=C1CCC23OC(C=CC2=O)CC13. The third-order valence-corrected chi connectivity index (χ3v) is 3.58. The fraction of sp³-hybridized carbons (Fsp3) is 0.545. The van der Waals surface area contributed by atoms with Crippen molar-refractivity contribution in [3.05, 3.63) is 24.3 Å². The van der Waals surface area contributed by atoms with Gasteiger partial charge in [0.05, 0.1) is 6.10 Å². The summed E-state index contributed by atoms with van der Waals surface area (Å²) >= 11 is 0. The van der Waals surface area contributed by atoms with Crippen molar-refractivity contribution in [2.24, 2.45) is 5.92 Å². The molecule has 2 nitrogen and oxygen atoms in total. The maximum absolute atomic E-state index is 11.7. The van der Waals surface area contributed by atoms with Crippen LogP contribution in [-0.4, -0.2) is 17.5 Å². The molecular weight excluding hydrogens is 164 g/mol. The second-order valence-corrected chi connectivity index (χ2v) is 4.22. The van der Waals surface area contributed by atoms with E-state index in [0.29, 0.717) is 5.92 Å². The Morgan fingerprint density at radius 3 is 3.31 bits per heavy atom. The molecule has 1 saturated heterocycles. The Balaban J connectivity index is 2.12. The zero-order chi connectivity index (χ0) is 9.05. The van der Waals surface area contributed by atoms with E-state index in [2.05, 4.69) is 6.58 Å². The van der Waals surface area contributed by atoms with Crippen LogP contribution in [0.1, 0.15) is 19.3 Å². The summed E-state index contributed by atoms with van der Waals surface area (Å²) < 4.78 is 5.79. The molecule has 1 aliphatic carbocycles. The van der Waals surface area contributed by atoms with Crippen LogP contribution in [0.2, 0.25) is 0 Å². The van der Waals surface area contributed by atoms with Crippen LogP contribution in [0.15, 0.2) is 24.3 Å². The number of carbonyl (C=O) groups is 1. The highest BCUT2D eigenvalue weighted by molar-refractivity contribution is 5.99. The summed E-state index contributed by atoms with van der Waals surface area (Å²) in [6.45, 7) is 4.03. The van der Waals surface area contributed by atoms with E-state index in [9.17, 15) is 4.79 Å². The Bertz CT molecular complexity index is 329. The van der Waals surface area contributed by atoms with Crippen LogP contribution in [0.4, 0.5) is 0 Å². The summed E-state index contributed by atoms with van der Waals surface area (Å²) in [7, 11) is 0. The number of ketones is 1. The fourth-order valence-corrected chi connectivity index (χ4v) is 2.88. The molecule has 2 heteroatoms. The molecule has 3 atom stereocenters. The molecular formula is C11H12O2. The zero-order valence-electron chi connectivity index (χ0n) is 7.45. The number of hydrogen-bond donors (Lipinski definition) is 0. The van der Waals surface area contributed by atoms with E-state index in [4.69, 9.17) is 4.74 Å². The van der Waals surface area contributed by atoms with Gasteiger partial charge in [-0.05, 0) is 25.3 Å². The Morgan fingerprint density at radius 2 is 2.46 bits per heavy atom. The van der Waals surface area contributed by atoms with Crippen LogP contribution in [0.25, 0.3) is 0 Å². The van der Waals surface area contributed by atoms with Crippen molar-refractivity contribution >= 4 is 5.78 Å². The second-order valence-electron chi connectivity index (χ2n) is 4.22. The maximum Gasteiger partial charge on any atom is 0.187 e. The van der Waals surface area contributed by atoms with Gasteiger partial charge in [-0.15, -0.1) is 0 Å². The highest BCUT2D eigenvalue weighted by Gasteiger charge is 2.58. The predicted octanol–water partition coefficient (Wildman–Crippen LogP) is 1.62. The van der Waals surface area contributed by atoms with Crippen LogP contribution >= 0.6 is 0 Å². The molecule has 68 valence electrons. The van der Waals surface area contributed by atoms with E-state index >= 15 is 0 Å². The molecule has 1 spiro atoms. The van der Waals surface area contributed by atoms with Crippen molar-refractivity contribution in [1.82, 2.24) is 0 Å². The van der Waals surface area contributed by atoms with Gasteiger partial charge in [0.15, 0.2) is 5.78 Å². The standard InChI is InChI=1S/C11H12O2/c1-7-4-5-11-9(7)6-8(13-11)2-3-10(11)12/h2-3,8-9H,1,4-6H2. The molecule has 3 unspecified atom stereocenters. The molecule has 1 saturated carbocycles. The van der Waals surface area contributed by atoms with Gasteiger partial charge in [-0.2, -0.15) is 0 Å². The van der Waals surface area contributed by atoms with Gasteiger partial charge in [-0.25, -0.2) is 0 Å². The van der Waals surface area contributed by atoms with Crippen molar-refractivity contribution in [2.45, 2.75) is 31.0 Å². The normalized spacial score (nSPS) is 47.1. The smallest absolute Gasteiger partial charge is 0.187 e. The first-order chi connectivity index (χ1) is 6.22. The number of rotatable bonds is 0. The van der Waals surface area contributed by atoms with Gasteiger partial charge < -0.3 is 4.74 Å². The lowest BCUT2D eigenvalue weighted by Gasteiger charge is -2.27. The molecule has 0 aromatic heterocycles. The fourth-order valence-electron chi connectivity index (χ4n) is 2.88. The van der Waals surface area contributed by atoms with Gasteiger partial charge in [-0.3, -0.25) is 4.79 Å². The van der Waals surface area contributed by atoms with E-state index in [0.717, 1.165) is 19.3 Å². The van der Waals surface area contributed by atoms with Crippen LogP contribution in [0.5, 0.6) is 0 Å². The largest absolute Gasteiger partial charge is 0.359 e. The molecule has 0 amide bonds. The summed E-state index contributed by atoms with van der Waals surface area (Å²) in [5, 5.41) is 0. The Morgan fingerprint density at radius 1 is 1.62 bits per heavy atom. The molecule has 2 aliphatic heterocycles. The summed E-state index contributed by atoms with van der Waals surface area (Å²) in [4.78, 5) is 11.7. The van der Waals surface area contributed by atoms with Crippen molar-refractivity contribution in [3.8, 4) is 0 Å². The van der Waals surface area contributed by atoms with Crippen molar-refractivity contribution in [2.75, 3.05) is 0 Å². The van der Waals surface area contributed by atoms with Crippen LogP contribution < -0.4 is 0 Å². The van der Waals surface area contributed by atoms with Gasteiger partial charge in [0, 0.05) is 5.92 Å². The van der Waals surface area contributed by atoms with E-state index in [1.54, 1.807) is 6.08 Å². The summed E-state index contributed by atoms with van der Waals surface area (Å²) in [5.74, 6) is 0.449. The van der Waals surface area contributed by atoms with Crippen LogP contribution in [0.3, 0.4) is 0 Å². The Labute approximate surface area is 77.3 Å². The molecule has 3 rings (SSSR count). The topological polar surface area (TPSA) is 26.3 Å². The van der Waals surface area contributed by atoms with Crippen LogP contribution in [-0.2, 0) is 9.53 Å². The number of fused-ring (bicyclic) bond motifs is 1. The predicted molar refractivity (Wildman–Crippen MR) is 48.2 cm³/mol. The highest BCUT2D eigenvalue weighted by atomic mass is 16.5. The molecule has 0 aromatic rings. The number of carbonyl (C=O) groups excluding carboxylic acids is 1. The average molecular weight is 176 g/mol. The zero-order valence-corrected chi connectivity index (χ0v) is 7.45. The van der Waals surface area contributed by atoms with Crippen molar-refractivity contribution < 1.29 is 9.53 Å². The third kappa shape index (κ3) is 0.748. The van der Waals surface area contributed by atoms with Crippen molar-refractivity contribution in [1.29, 1.82) is 0 Å². The van der Waals surface area contributed by atoms with Crippen LogP contribution in [0, 0.1) is 5.92 Å². The van der Waals surface area contributed by atoms with E-state index in [1.165, 1.54) is 5.57 Å². The van der Waals surface area contributed by atoms with E-state index < -0.39 is 5.60 Å². The molecule has 3 aliphatic rings. The lowest BCUT2D eigenvalue weighted by molar-refractivity contribution is -0.139. The lowest BCUT2D eigenvalue weighted by Crippen LogP contribution is -2.41. The molecule has 0 radical (unpaired) electrons. The van der Waals surface area contributed by atoms with E-state index in [-0.39, 0.29) is 11.9 Å². The van der Waals surface area contributed by atoms with Gasteiger partial charge in [0.2, 0.25) is 0 Å². The molecule has 13 heavy (non-hydrogen) atoms. The maximum atomic E-state index is 11.7. The monoisotopic (exact) mass is 176 g/mol. The summed E-state index contributed by atoms with van der Waals surface area (Å²) in [6.07, 6.45) is 6.51. The van der Waals surface area contributed by atoms with Gasteiger partial charge in [-0.1, -0.05) is 18.2 Å². The molecule has 2 fully saturated rings. The van der Waals surface area contributed by atoms with Gasteiger partial charge >= 0.3 is 0 Å². The number of ether oxygens (including phenoxy) is 1. The molecule has 2 heterocycles. The first kappa shape index (κ1) is 7.51. The van der Waals surface area contributed by atoms with Crippen molar-refractivity contribution in [3.63, 3.8) is 0 Å². The summed E-state index contributed by atoms with van der Waals surface area (Å²) in [5.41, 5.74) is 0.718. The molecule has 2 bridgehead atoms. The first-order valence-corrected chi connectivity index (χ1v) is 4.80. The minimum Gasteiger partial charge on any atom is -0.359 e. The van der Waals surface area contributed by atoms with E-state index in [1.807, 2.05) is 6.08 Å².